The molecule has 1 aliphatic rings. The smallest absolute Gasteiger partial charge is 0.130 e. The molecule has 0 spiro atoms. The fourth-order valence-corrected chi connectivity index (χ4v) is 2.19. The number of furan rings is 2. The summed E-state index contributed by atoms with van der Waals surface area (Å²) in [5, 5.41) is 0. The van der Waals surface area contributed by atoms with Crippen LogP contribution in [0.25, 0.3) is 11.1 Å². The van der Waals surface area contributed by atoms with E-state index in [0.29, 0.717) is 0 Å². The Kier molecular flexibility index (Phi) is 1.98. The van der Waals surface area contributed by atoms with Gasteiger partial charge in [0.05, 0.1) is 12.5 Å². The molecule has 0 saturated heterocycles. The molecule has 0 bridgehead atoms. The summed E-state index contributed by atoms with van der Waals surface area (Å²) < 4.78 is 10.9. The molecule has 0 N–H and O–H groups in total. The normalized spacial score (nSPS) is 16.3. The molecule has 0 fully saturated rings. The highest BCUT2D eigenvalue weighted by Crippen LogP contribution is 2.39. The molecule has 0 aliphatic heterocycles. The van der Waals surface area contributed by atoms with Gasteiger partial charge in [0.15, 0.2) is 0 Å². The molecule has 0 unspecified atom stereocenters. The van der Waals surface area contributed by atoms with Crippen LogP contribution in [0, 0.1) is 0 Å². The van der Waals surface area contributed by atoms with Gasteiger partial charge in [0.1, 0.15) is 11.5 Å². The van der Waals surface area contributed by atoms with E-state index in [9.17, 15) is 0 Å². The van der Waals surface area contributed by atoms with Crippen molar-refractivity contribution in [1.82, 2.24) is 0 Å². The standard InChI is InChI=1S/C13H12O2/c1-4-10(12-6-2-8-14-12)11(5-1)13-7-3-9-15-13/h2-3,6-9H,1,4-5H2. The molecule has 0 radical (unpaired) electrons. The van der Waals surface area contributed by atoms with Crippen LogP contribution in [-0.4, -0.2) is 0 Å². The van der Waals surface area contributed by atoms with E-state index in [1.807, 2.05) is 24.3 Å². The first-order chi connectivity index (χ1) is 7.45. The van der Waals surface area contributed by atoms with Crippen LogP contribution in [0.4, 0.5) is 0 Å². The van der Waals surface area contributed by atoms with Crippen molar-refractivity contribution in [1.29, 1.82) is 0 Å². The Hall–Kier alpha value is -1.70. The second-order valence-corrected chi connectivity index (χ2v) is 3.77. The van der Waals surface area contributed by atoms with Gasteiger partial charge in [0, 0.05) is 11.1 Å². The first-order valence-electron chi connectivity index (χ1n) is 5.25. The van der Waals surface area contributed by atoms with Crippen molar-refractivity contribution in [3.8, 4) is 0 Å². The first-order valence-corrected chi connectivity index (χ1v) is 5.25. The molecule has 0 atom stereocenters. The molecule has 2 aromatic rings. The van der Waals surface area contributed by atoms with Crippen LogP contribution in [-0.2, 0) is 0 Å². The minimum absolute atomic E-state index is 0.985. The summed E-state index contributed by atoms with van der Waals surface area (Å²) in [6, 6.07) is 7.90. The average molecular weight is 200 g/mol. The molecule has 2 heteroatoms. The summed E-state index contributed by atoms with van der Waals surface area (Å²) in [6.45, 7) is 0. The molecule has 0 aromatic carbocycles. The molecule has 2 nitrogen and oxygen atoms in total. The average Bonchev–Trinajstić information content (AvgIpc) is 3.01. The van der Waals surface area contributed by atoms with Crippen molar-refractivity contribution in [3.05, 3.63) is 48.3 Å². The van der Waals surface area contributed by atoms with Gasteiger partial charge in [-0.15, -0.1) is 0 Å². The van der Waals surface area contributed by atoms with Crippen LogP contribution < -0.4 is 0 Å². The SMILES string of the molecule is c1coc(C2=C(c3ccco3)CCC2)c1. The monoisotopic (exact) mass is 200 g/mol. The van der Waals surface area contributed by atoms with Gasteiger partial charge >= 0.3 is 0 Å². The van der Waals surface area contributed by atoms with Crippen molar-refractivity contribution in [2.45, 2.75) is 19.3 Å². The van der Waals surface area contributed by atoms with Gasteiger partial charge in [0.2, 0.25) is 0 Å². The van der Waals surface area contributed by atoms with Gasteiger partial charge in [-0.25, -0.2) is 0 Å². The van der Waals surface area contributed by atoms with E-state index in [2.05, 4.69) is 0 Å². The largest absolute Gasteiger partial charge is 0.465 e. The van der Waals surface area contributed by atoms with Gasteiger partial charge in [-0.1, -0.05) is 0 Å². The first kappa shape index (κ1) is 8.60. The maximum Gasteiger partial charge on any atom is 0.130 e. The van der Waals surface area contributed by atoms with Crippen molar-refractivity contribution in [3.63, 3.8) is 0 Å². The number of rotatable bonds is 2. The van der Waals surface area contributed by atoms with Crippen LogP contribution in [0.5, 0.6) is 0 Å². The minimum atomic E-state index is 0.985. The summed E-state index contributed by atoms with van der Waals surface area (Å²) in [5.41, 5.74) is 2.60. The molecular weight excluding hydrogens is 188 g/mol. The molecule has 1 aliphatic carbocycles. The quantitative estimate of drug-likeness (QED) is 0.733. The molecule has 2 aromatic heterocycles. The molecule has 76 valence electrons. The van der Waals surface area contributed by atoms with Crippen molar-refractivity contribution in [2.75, 3.05) is 0 Å². The topological polar surface area (TPSA) is 26.3 Å². The van der Waals surface area contributed by atoms with Crippen molar-refractivity contribution >= 4 is 11.1 Å². The van der Waals surface area contributed by atoms with E-state index in [-0.39, 0.29) is 0 Å². The van der Waals surface area contributed by atoms with E-state index in [0.717, 1.165) is 24.4 Å². The Balaban J connectivity index is 2.09. The third-order valence-corrected chi connectivity index (χ3v) is 2.86. The summed E-state index contributed by atoms with van der Waals surface area (Å²) >= 11 is 0. The fourth-order valence-electron chi connectivity index (χ4n) is 2.19. The molecule has 2 heterocycles. The molecule has 3 rings (SSSR count). The van der Waals surface area contributed by atoms with Crippen molar-refractivity contribution in [2.24, 2.45) is 0 Å². The lowest BCUT2D eigenvalue weighted by Gasteiger charge is -2.01. The zero-order valence-corrected chi connectivity index (χ0v) is 8.40. The fraction of sp³-hybridized carbons (Fsp3) is 0.231. The zero-order valence-electron chi connectivity index (χ0n) is 8.40. The maximum absolute atomic E-state index is 5.45. The minimum Gasteiger partial charge on any atom is -0.465 e. The number of allylic oxidation sites excluding steroid dienone is 2. The highest BCUT2D eigenvalue weighted by atomic mass is 16.3. The lowest BCUT2D eigenvalue weighted by molar-refractivity contribution is 0.546. The van der Waals surface area contributed by atoms with Gasteiger partial charge in [-0.3, -0.25) is 0 Å². The summed E-state index contributed by atoms with van der Waals surface area (Å²) in [6.07, 6.45) is 6.81. The third kappa shape index (κ3) is 1.42. The van der Waals surface area contributed by atoms with Gasteiger partial charge in [0.25, 0.3) is 0 Å². The summed E-state index contributed by atoms with van der Waals surface area (Å²) in [7, 11) is 0. The zero-order chi connectivity index (χ0) is 10.1. The van der Waals surface area contributed by atoms with E-state index < -0.39 is 0 Å². The Labute approximate surface area is 88.2 Å². The molecule has 0 saturated carbocycles. The number of hydrogen-bond donors (Lipinski definition) is 0. The van der Waals surface area contributed by atoms with E-state index in [1.54, 1.807) is 12.5 Å². The summed E-state index contributed by atoms with van der Waals surface area (Å²) in [4.78, 5) is 0. The Morgan fingerprint density at radius 1 is 0.800 bits per heavy atom. The van der Waals surface area contributed by atoms with E-state index >= 15 is 0 Å². The van der Waals surface area contributed by atoms with Crippen molar-refractivity contribution < 1.29 is 8.83 Å². The predicted octanol–water partition coefficient (Wildman–Crippen LogP) is 3.97. The van der Waals surface area contributed by atoms with Gasteiger partial charge in [-0.05, 0) is 43.5 Å². The molecule has 15 heavy (non-hydrogen) atoms. The van der Waals surface area contributed by atoms with Gasteiger partial charge in [-0.2, -0.15) is 0 Å². The highest BCUT2D eigenvalue weighted by molar-refractivity contribution is 5.89. The second kappa shape index (κ2) is 3.46. The van der Waals surface area contributed by atoms with Crippen LogP contribution in [0.1, 0.15) is 30.8 Å². The van der Waals surface area contributed by atoms with E-state index in [4.69, 9.17) is 8.83 Å². The Morgan fingerprint density at radius 3 is 1.73 bits per heavy atom. The predicted molar refractivity (Wildman–Crippen MR) is 58.1 cm³/mol. The van der Waals surface area contributed by atoms with Gasteiger partial charge < -0.3 is 8.83 Å². The third-order valence-electron chi connectivity index (χ3n) is 2.86. The Morgan fingerprint density at radius 2 is 1.33 bits per heavy atom. The maximum atomic E-state index is 5.45. The van der Waals surface area contributed by atoms with Crippen LogP contribution in [0.15, 0.2) is 45.6 Å². The highest BCUT2D eigenvalue weighted by Gasteiger charge is 2.20. The van der Waals surface area contributed by atoms with Crippen LogP contribution in [0.3, 0.4) is 0 Å². The summed E-state index contributed by atoms with van der Waals surface area (Å²) in [5.74, 6) is 1.97. The lowest BCUT2D eigenvalue weighted by atomic mass is 10.1. The Bertz CT molecular complexity index is 416. The molecule has 0 amide bonds. The second-order valence-electron chi connectivity index (χ2n) is 3.77. The van der Waals surface area contributed by atoms with E-state index in [1.165, 1.54) is 17.6 Å². The van der Waals surface area contributed by atoms with Crippen LogP contribution in [0.2, 0.25) is 0 Å². The van der Waals surface area contributed by atoms with Crippen LogP contribution >= 0.6 is 0 Å². The lowest BCUT2D eigenvalue weighted by Crippen LogP contribution is -1.81. The molecular formula is C13H12O2. The number of hydrogen-bond acceptors (Lipinski definition) is 2.